The van der Waals surface area contributed by atoms with Crippen molar-refractivity contribution in [3.63, 3.8) is 0 Å². The standard InChI is InChI=1S/C42H58FN5O4/c1-26-35(37(47-20-15-41(6,7)16-21-47)36(27(2)45-26)38(39(49)50)52-40(3,4)5)29-10-11-30-25-48(17-12-28(30)22-29)33-23-34(44-24-32(33)43)46-18-13-31(14-19-46)42(8,9)51/h10-11,22-24,31,38,51H,12-21,25H2,1-9H3,(H,49,50)/t38-/m0/s1. The van der Waals surface area contributed by atoms with Crippen LogP contribution >= 0.6 is 0 Å². The van der Waals surface area contributed by atoms with E-state index >= 15 is 4.39 Å². The van der Waals surface area contributed by atoms with Crippen molar-refractivity contribution in [1.29, 1.82) is 0 Å². The highest BCUT2D eigenvalue weighted by Crippen LogP contribution is 2.45. The summed E-state index contributed by atoms with van der Waals surface area (Å²) in [6.45, 7) is 22.3. The van der Waals surface area contributed by atoms with Crippen LogP contribution in [0.5, 0.6) is 0 Å². The van der Waals surface area contributed by atoms with Crippen LogP contribution in [-0.4, -0.2) is 70.1 Å². The molecule has 0 amide bonds. The summed E-state index contributed by atoms with van der Waals surface area (Å²) in [4.78, 5) is 29.0. The third-order valence-corrected chi connectivity index (χ3v) is 11.5. The monoisotopic (exact) mass is 715 g/mol. The van der Waals surface area contributed by atoms with E-state index in [1.54, 1.807) is 0 Å². The van der Waals surface area contributed by atoms with E-state index in [9.17, 15) is 15.0 Å². The van der Waals surface area contributed by atoms with Crippen molar-refractivity contribution in [1.82, 2.24) is 9.97 Å². The fraction of sp³-hybridized carbons (Fsp3) is 0.595. The molecule has 5 heterocycles. The molecule has 2 aromatic heterocycles. The fourth-order valence-electron chi connectivity index (χ4n) is 8.32. The Morgan fingerprint density at radius 3 is 2.23 bits per heavy atom. The number of carboxylic acids is 1. The average Bonchev–Trinajstić information content (AvgIpc) is 3.06. The number of piperidine rings is 2. The summed E-state index contributed by atoms with van der Waals surface area (Å²) in [7, 11) is 0. The molecule has 3 aliphatic heterocycles. The zero-order chi connectivity index (χ0) is 37.7. The minimum atomic E-state index is -1.17. The lowest BCUT2D eigenvalue weighted by Gasteiger charge is -2.41. The second-order valence-electron chi connectivity index (χ2n) is 17.6. The zero-order valence-electron chi connectivity index (χ0n) is 32.6. The van der Waals surface area contributed by atoms with E-state index < -0.39 is 23.3 Å². The lowest BCUT2D eigenvalue weighted by Crippen LogP contribution is -2.42. The Morgan fingerprint density at radius 2 is 1.62 bits per heavy atom. The maximum Gasteiger partial charge on any atom is 0.337 e. The van der Waals surface area contributed by atoms with Crippen LogP contribution in [0, 0.1) is 31.0 Å². The largest absolute Gasteiger partial charge is 0.479 e. The number of fused-ring (bicyclic) bond motifs is 1. The molecule has 0 spiro atoms. The van der Waals surface area contributed by atoms with Crippen molar-refractivity contribution >= 4 is 23.2 Å². The Morgan fingerprint density at radius 1 is 0.942 bits per heavy atom. The van der Waals surface area contributed by atoms with Crippen LogP contribution in [0.25, 0.3) is 11.1 Å². The number of aliphatic carboxylic acids is 1. The first-order valence-electron chi connectivity index (χ1n) is 19.0. The molecule has 0 unspecified atom stereocenters. The normalized spacial score (nSPS) is 19.1. The number of aryl methyl sites for hydroxylation is 2. The van der Waals surface area contributed by atoms with Crippen LogP contribution in [0.3, 0.4) is 0 Å². The van der Waals surface area contributed by atoms with Crippen molar-refractivity contribution < 1.29 is 24.1 Å². The number of anilines is 3. The Labute approximate surface area is 309 Å². The van der Waals surface area contributed by atoms with E-state index in [0.717, 1.165) is 92.2 Å². The van der Waals surface area contributed by atoms with Gasteiger partial charge in [0.1, 0.15) is 5.82 Å². The molecule has 1 atom stereocenters. The van der Waals surface area contributed by atoms with Crippen LogP contribution in [0.15, 0.2) is 30.5 Å². The number of ether oxygens (including phenoxy) is 1. The van der Waals surface area contributed by atoms with Gasteiger partial charge >= 0.3 is 5.97 Å². The third kappa shape index (κ3) is 8.08. The van der Waals surface area contributed by atoms with Gasteiger partial charge in [0.05, 0.1) is 28.8 Å². The number of carboxylic acid groups (broad SMARTS) is 1. The van der Waals surface area contributed by atoms with Crippen LogP contribution in [0.1, 0.15) is 108 Å². The third-order valence-electron chi connectivity index (χ3n) is 11.5. The smallest absolute Gasteiger partial charge is 0.337 e. The highest BCUT2D eigenvalue weighted by Gasteiger charge is 2.37. The minimum absolute atomic E-state index is 0.211. The van der Waals surface area contributed by atoms with Crippen LogP contribution in [0.4, 0.5) is 21.6 Å². The molecule has 2 N–H and O–H groups in total. The molecule has 0 saturated carbocycles. The number of aliphatic hydroxyl groups is 1. The predicted octanol–water partition coefficient (Wildman–Crippen LogP) is 8.02. The van der Waals surface area contributed by atoms with Crippen LogP contribution < -0.4 is 14.7 Å². The van der Waals surface area contributed by atoms with Gasteiger partial charge in [0.15, 0.2) is 11.9 Å². The topological polar surface area (TPSA) is 102 Å². The van der Waals surface area contributed by atoms with E-state index in [4.69, 9.17) is 9.72 Å². The number of aromatic nitrogens is 2. The van der Waals surface area contributed by atoms with Gasteiger partial charge in [-0.25, -0.2) is 14.2 Å². The molecule has 2 saturated heterocycles. The number of halogens is 1. The van der Waals surface area contributed by atoms with Gasteiger partial charge in [-0.05, 0) is 109 Å². The molecule has 0 radical (unpaired) electrons. The number of nitrogens with zero attached hydrogens (tertiary/aromatic N) is 5. The summed E-state index contributed by atoms with van der Waals surface area (Å²) >= 11 is 0. The Hall–Kier alpha value is -3.76. The first-order valence-corrected chi connectivity index (χ1v) is 19.0. The number of carbonyl (C=O) groups is 1. The van der Waals surface area contributed by atoms with Gasteiger partial charge in [0.25, 0.3) is 0 Å². The van der Waals surface area contributed by atoms with Crippen LogP contribution in [-0.2, 0) is 22.5 Å². The summed E-state index contributed by atoms with van der Waals surface area (Å²) in [6.07, 6.45) is 4.64. The first-order chi connectivity index (χ1) is 24.3. The molecule has 2 fully saturated rings. The molecule has 3 aliphatic rings. The second kappa shape index (κ2) is 14.2. The number of hydrogen-bond acceptors (Lipinski definition) is 8. The van der Waals surface area contributed by atoms with E-state index in [1.807, 2.05) is 54.5 Å². The summed E-state index contributed by atoms with van der Waals surface area (Å²) in [5.41, 5.74) is 6.74. The molecular formula is C42H58FN5O4. The van der Waals surface area contributed by atoms with Crippen molar-refractivity contribution in [2.75, 3.05) is 47.4 Å². The number of benzene rings is 1. The number of hydrogen-bond donors (Lipinski definition) is 2. The maximum atomic E-state index is 15.4. The summed E-state index contributed by atoms with van der Waals surface area (Å²) in [6, 6.07) is 8.37. The number of rotatable bonds is 8. The van der Waals surface area contributed by atoms with Crippen LogP contribution in [0.2, 0.25) is 0 Å². The highest BCUT2D eigenvalue weighted by molar-refractivity contribution is 5.88. The zero-order valence-corrected chi connectivity index (χ0v) is 32.6. The lowest BCUT2D eigenvalue weighted by molar-refractivity contribution is -0.160. The van der Waals surface area contributed by atoms with Crippen molar-refractivity contribution in [3.8, 4) is 11.1 Å². The van der Waals surface area contributed by atoms with Gasteiger partial charge in [0, 0.05) is 67.8 Å². The molecule has 282 valence electrons. The average molecular weight is 716 g/mol. The maximum absolute atomic E-state index is 15.4. The van der Waals surface area contributed by atoms with E-state index in [-0.39, 0.29) is 17.2 Å². The molecule has 10 heteroatoms. The molecular weight excluding hydrogens is 657 g/mol. The van der Waals surface area contributed by atoms with Gasteiger partial charge < -0.3 is 29.6 Å². The molecule has 6 rings (SSSR count). The second-order valence-corrected chi connectivity index (χ2v) is 17.6. The summed E-state index contributed by atoms with van der Waals surface area (Å²) in [5, 5.41) is 21.1. The summed E-state index contributed by atoms with van der Waals surface area (Å²) in [5.74, 6) is -0.349. The molecule has 0 aliphatic carbocycles. The SMILES string of the molecule is Cc1nc(C)c([C@H](OC(C)(C)C)C(=O)O)c(N2CCC(C)(C)CC2)c1-c1ccc2c(c1)CCN(c1cc(N3CCC(C(C)(C)O)CC3)ncc1F)C2. The van der Waals surface area contributed by atoms with Crippen molar-refractivity contribution in [2.45, 2.75) is 118 Å². The number of pyridine rings is 2. The Kier molecular flexibility index (Phi) is 10.4. The van der Waals surface area contributed by atoms with E-state index in [0.29, 0.717) is 30.0 Å². The summed E-state index contributed by atoms with van der Waals surface area (Å²) < 4.78 is 21.7. The molecule has 52 heavy (non-hydrogen) atoms. The Balaban J connectivity index is 1.33. The highest BCUT2D eigenvalue weighted by atomic mass is 19.1. The van der Waals surface area contributed by atoms with Gasteiger partial charge in [-0.2, -0.15) is 0 Å². The minimum Gasteiger partial charge on any atom is -0.479 e. The predicted molar refractivity (Wildman–Crippen MR) is 206 cm³/mol. The molecule has 1 aromatic carbocycles. The lowest BCUT2D eigenvalue weighted by atomic mass is 9.81. The van der Waals surface area contributed by atoms with Gasteiger partial charge in [0.2, 0.25) is 0 Å². The quantitative estimate of drug-likeness (QED) is 0.240. The van der Waals surface area contributed by atoms with Gasteiger partial charge in [-0.1, -0.05) is 32.0 Å². The fourth-order valence-corrected chi connectivity index (χ4v) is 8.32. The van der Waals surface area contributed by atoms with Gasteiger partial charge in [-0.15, -0.1) is 0 Å². The van der Waals surface area contributed by atoms with Crippen molar-refractivity contribution in [3.05, 3.63) is 64.4 Å². The Bertz CT molecular complexity index is 1800. The van der Waals surface area contributed by atoms with Crippen molar-refractivity contribution in [2.24, 2.45) is 11.3 Å². The molecule has 3 aromatic rings. The molecule has 0 bridgehead atoms. The van der Waals surface area contributed by atoms with E-state index in [1.165, 1.54) is 11.8 Å². The van der Waals surface area contributed by atoms with Gasteiger partial charge in [-0.3, -0.25) is 4.98 Å². The first kappa shape index (κ1) is 38.0. The van der Waals surface area contributed by atoms with E-state index in [2.05, 4.69) is 51.7 Å². The molecule has 9 nitrogen and oxygen atoms in total.